The normalized spacial score (nSPS) is 20.6. The van der Waals surface area contributed by atoms with Crippen molar-refractivity contribution < 1.29 is 27.1 Å². The van der Waals surface area contributed by atoms with Crippen LogP contribution in [-0.2, 0) is 29.4 Å². The second kappa shape index (κ2) is 9.41. The Morgan fingerprint density at radius 1 is 1.21 bits per heavy atom. The standard InChI is InChI=1S/C28H31F4N5O2/c1-26(2)12-36(13-26)10-17-7-20-21(22(8-17)28(30,31)32)11-37(25(20)38)19-6-4-5-18(9-19)27(14-39-15-27)23(29)24(34)35(3)16-33/h4-9,16,23,33-34H,10-15H2,1-3H3/t23-/m0/s1. The Hall–Kier alpha value is -3.31. The van der Waals surface area contributed by atoms with Crippen LogP contribution < -0.4 is 4.90 Å². The van der Waals surface area contributed by atoms with Gasteiger partial charge in [-0.05, 0) is 46.4 Å². The van der Waals surface area contributed by atoms with Gasteiger partial charge in [0.25, 0.3) is 5.91 Å². The van der Waals surface area contributed by atoms with E-state index in [1.165, 1.54) is 11.9 Å². The van der Waals surface area contributed by atoms with Crippen LogP contribution in [0.3, 0.4) is 0 Å². The fraction of sp³-hybridized carbons (Fsp3) is 0.464. The number of rotatable bonds is 7. The summed E-state index contributed by atoms with van der Waals surface area (Å²) in [6.07, 6.45) is -5.57. The minimum Gasteiger partial charge on any atom is -0.379 e. The molecule has 11 heteroatoms. The van der Waals surface area contributed by atoms with Crippen molar-refractivity contribution in [3.05, 3.63) is 64.2 Å². The van der Waals surface area contributed by atoms with Gasteiger partial charge < -0.3 is 14.5 Å². The van der Waals surface area contributed by atoms with Crippen molar-refractivity contribution in [1.29, 1.82) is 10.8 Å². The highest BCUT2D eigenvalue weighted by Crippen LogP contribution is 2.43. The average molecular weight is 546 g/mol. The molecule has 1 atom stereocenters. The number of nitrogens with zero attached hydrogens (tertiary/aromatic N) is 3. The SMILES string of the molecule is CN(C=N)C(=N)[C@H](F)C1(c2cccc(N3Cc4c(cc(CN5CC(C)(C)C5)cc4C(F)(F)F)C3=O)c2)COC1. The van der Waals surface area contributed by atoms with E-state index in [9.17, 15) is 18.0 Å². The van der Waals surface area contributed by atoms with E-state index in [-0.39, 0.29) is 36.3 Å². The van der Waals surface area contributed by atoms with Crippen molar-refractivity contribution in [2.45, 2.75) is 44.7 Å². The number of carbonyl (C=O) groups is 1. The third-order valence-corrected chi connectivity index (χ3v) is 7.87. The van der Waals surface area contributed by atoms with Crippen molar-refractivity contribution in [1.82, 2.24) is 9.80 Å². The second-order valence-electron chi connectivity index (χ2n) is 11.6. The van der Waals surface area contributed by atoms with Crippen molar-refractivity contribution in [3.63, 3.8) is 0 Å². The molecule has 2 fully saturated rings. The molecule has 0 radical (unpaired) electrons. The largest absolute Gasteiger partial charge is 0.416 e. The summed E-state index contributed by atoms with van der Waals surface area (Å²) in [7, 11) is 1.40. The molecule has 39 heavy (non-hydrogen) atoms. The lowest BCUT2D eigenvalue weighted by Gasteiger charge is -2.46. The third-order valence-electron chi connectivity index (χ3n) is 7.87. The zero-order valence-corrected chi connectivity index (χ0v) is 22.0. The number of carbonyl (C=O) groups excluding carboxylic acids is 1. The fourth-order valence-corrected chi connectivity index (χ4v) is 5.83. The van der Waals surface area contributed by atoms with Gasteiger partial charge in [0.1, 0.15) is 5.84 Å². The van der Waals surface area contributed by atoms with E-state index >= 15 is 4.39 Å². The predicted octanol–water partition coefficient (Wildman–Crippen LogP) is 4.83. The van der Waals surface area contributed by atoms with Gasteiger partial charge in [0, 0.05) is 37.9 Å². The summed E-state index contributed by atoms with van der Waals surface area (Å²) >= 11 is 0. The summed E-state index contributed by atoms with van der Waals surface area (Å²) in [5.41, 5.74) is -0.654. The van der Waals surface area contributed by atoms with Gasteiger partial charge in [-0.2, -0.15) is 13.2 Å². The van der Waals surface area contributed by atoms with Crippen LogP contribution in [0.25, 0.3) is 0 Å². The molecular formula is C28H31F4N5O2. The highest BCUT2D eigenvalue weighted by Gasteiger charge is 2.51. The number of benzene rings is 2. The monoisotopic (exact) mass is 545 g/mol. The van der Waals surface area contributed by atoms with Crippen LogP contribution in [0.15, 0.2) is 36.4 Å². The number of anilines is 1. The molecular weight excluding hydrogens is 514 g/mol. The zero-order valence-electron chi connectivity index (χ0n) is 22.0. The minimum absolute atomic E-state index is 0.00506. The first kappa shape index (κ1) is 27.3. The van der Waals surface area contributed by atoms with E-state index in [4.69, 9.17) is 15.6 Å². The molecule has 3 heterocycles. The number of hydrogen-bond donors (Lipinski definition) is 2. The Morgan fingerprint density at radius 3 is 2.46 bits per heavy atom. The van der Waals surface area contributed by atoms with Gasteiger partial charge in [0.05, 0.1) is 37.1 Å². The Balaban J connectivity index is 1.46. The topological polar surface area (TPSA) is 83.7 Å². The molecule has 1 amide bonds. The first-order chi connectivity index (χ1) is 18.3. The van der Waals surface area contributed by atoms with Crippen molar-refractivity contribution in [2.75, 3.05) is 38.3 Å². The molecule has 0 saturated carbocycles. The van der Waals surface area contributed by atoms with E-state index < -0.39 is 35.1 Å². The van der Waals surface area contributed by atoms with Gasteiger partial charge in [-0.15, -0.1) is 0 Å². The smallest absolute Gasteiger partial charge is 0.379 e. The summed E-state index contributed by atoms with van der Waals surface area (Å²) in [6, 6.07) is 9.20. The number of amidine groups is 1. The van der Waals surface area contributed by atoms with Gasteiger partial charge in [-0.25, -0.2) is 4.39 Å². The summed E-state index contributed by atoms with van der Waals surface area (Å²) in [4.78, 5) is 17.9. The summed E-state index contributed by atoms with van der Waals surface area (Å²) in [5, 5.41) is 15.5. The first-order valence-electron chi connectivity index (χ1n) is 12.7. The van der Waals surface area contributed by atoms with Crippen LogP contribution in [-0.4, -0.2) is 67.4 Å². The quantitative estimate of drug-likeness (QED) is 0.297. The van der Waals surface area contributed by atoms with Crippen LogP contribution in [0.5, 0.6) is 0 Å². The van der Waals surface area contributed by atoms with E-state index in [1.807, 2.05) is 0 Å². The highest BCUT2D eigenvalue weighted by molar-refractivity contribution is 6.10. The Kier molecular flexibility index (Phi) is 6.58. The molecule has 2 N–H and O–H groups in total. The van der Waals surface area contributed by atoms with E-state index in [0.29, 0.717) is 23.4 Å². The minimum atomic E-state index is -4.62. The van der Waals surface area contributed by atoms with E-state index in [2.05, 4.69) is 18.7 Å². The van der Waals surface area contributed by atoms with Gasteiger partial charge in [0.2, 0.25) is 0 Å². The molecule has 2 saturated heterocycles. The van der Waals surface area contributed by atoms with E-state index in [1.54, 1.807) is 30.3 Å². The molecule has 7 nitrogen and oxygen atoms in total. The van der Waals surface area contributed by atoms with Gasteiger partial charge in [-0.3, -0.25) is 20.5 Å². The predicted molar refractivity (Wildman–Crippen MR) is 139 cm³/mol. The lowest BCUT2D eigenvalue weighted by atomic mass is 9.73. The highest BCUT2D eigenvalue weighted by atomic mass is 19.4. The lowest BCUT2D eigenvalue weighted by Crippen LogP contribution is -2.58. The average Bonchev–Trinajstić information content (AvgIpc) is 3.16. The third kappa shape index (κ3) is 4.71. The molecule has 0 aromatic heterocycles. The second-order valence-corrected chi connectivity index (χ2v) is 11.6. The lowest BCUT2D eigenvalue weighted by molar-refractivity contribution is -0.138. The Morgan fingerprint density at radius 2 is 1.90 bits per heavy atom. The maximum Gasteiger partial charge on any atom is 0.416 e. The number of alkyl halides is 4. The van der Waals surface area contributed by atoms with Gasteiger partial charge >= 0.3 is 6.18 Å². The Labute approximate surface area is 224 Å². The molecule has 0 unspecified atom stereocenters. The Bertz CT molecular complexity index is 1330. The number of nitrogens with one attached hydrogen (secondary N) is 2. The summed E-state index contributed by atoms with van der Waals surface area (Å²) in [6.45, 7) is 5.81. The van der Waals surface area contributed by atoms with Crippen molar-refractivity contribution in [3.8, 4) is 0 Å². The summed E-state index contributed by atoms with van der Waals surface area (Å²) < 4.78 is 63.3. The number of fused-ring (bicyclic) bond motifs is 1. The van der Waals surface area contributed by atoms with Crippen molar-refractivity contribution >= 4 is 23.8 Å². The van der Waals surface area contributed by atoms with Crippen LogP contribution in [0.2, 0.25) is 0 Å². The number of halogens is 4. The number of hydrogen-bond acceptors (Lipinski definition) is 5. The molecule has 3 aliphatic heterocycles. The summed E-state index contributed by atoms with van der Waals surface area (Å²) in [5.74, 6) is -0.943. The maximum atomic E-state index is 15.6. The van der Waals surface area contributed by atoms with Crippen LogP contribution >= 0.6 is 0 Å². The molecule has 3 aliphatic rings. The molecule has 0 spiro atoms. The molecule has 0 bridgehead atoms. The van der Waals surface area contributed by atoms with Gasteiger partial charge in [-0.1, -0.05) is 26.0 Å². The number of ether oxygens (including phenoxy) is 1. The zero-order chi connectivity index (χ0) is 28.3. The van der Waals surface area contributed by atoms with Gasteiger partial charge in [0.15, 0.2) is 6.17 Å². The van der Waals surface area contributed by atoms with Crippen LogP contribution in [0.4, 0.5) is 23.2 Å². The molecule has 5 rings (SSSR count). The van der Waals surface area contributed by atoms with Crippen LogP contribution in [0, 0.1) is 16.2 Å². The van der Waals surface area contributed by atoms with Crippen LogP contribution in [0.1, 0.15) is 46.5 Å². The molecule has 2 aromatic carbocycles. The molecule has 208 valence electrons. The van der Waals surface area contributed by atoms with E-state index in [0.717, 1.165) is 30.4 Å². The number of amides is 1. The maximum absolute atomic E-state index is 15.6. The molecule has 0 aliphatic carbocycles. The fourth-order valence-electron chi connectivity index (χ4n) is 5.83. The number of likely N-dealkylation sites (tertiary alicyclic amines) is 1. The van der Waals surface area contributed by atoms with Crippen molar-refractivity contribution in [2.24, 2.45) is 5.41 Å². The molecule has 2 aromatic rings. The first-order valence-corrected chi connectivity index (χ1v) is 12.7.